The van der Waals surface area contributed by atoms with Crippen LogP contribution in [0.25, 0.3) is 0 Å². The molecule has 2 aromatic carbocycles. The third-order valence-corrected chi connectivity index (χ3v) is 4.19. The highest BCUT2D eigenvalue weighted by atomic mass is 16.5. The molecule has 0 radical (unpaired) electrons. The van der Waals surface area contributed by atoms with Crippen LogP contribution < -0.4 is 14.8 Å². The van der Waals surface area contributed by atoms with Crippen LogP contribution in [-0.4, -0.2) is 20.1 Å². The predicted molar refractivity (Wildman–Crippen MR) is 95.6 cm³/mol. The first-order valence-corrected chi connectivity index (χ1v) is 8.17. The zero-order valence-corrected chi connectivity index (χ0v) is 14.7. The molecule has 0 saturated carbocycles. The van der Waals surface area contributed by atoms with Crippen molar-refractivity contribution >= 4 is 5.91 Å². The molecule has 0 aliphatic rings. The summed E-state index contributed by atoms with van der Waals surface area (Å²) < 4.78 is 10.6. The average Bonchev–Trinajstić information content (AvgIpc) is 2.62. The van der Waals surface area contributed by atoms with E-state index in [0.717, 1.165) is 17.5 Å². The highest BCUT2D eigenvalue weighted by Crippen LogP contribution is 2.30. The molecule has 0 aliphatic carbocycles. The van der Waals surface area contributed by atoms with Gasteiger partial charge in [-0.1, -0.05) is 43.3 Å². The maximum absolute atomic E-state index is 12.7. The second-order valence-electron chi connectivity index (χ2n) is 5.72. The molecule has 128 valence electrons. The SMILES string of the molecule is CCC(C(=O)NC(C)c1ccc(OC)c(OC)c1)c1ccccc1. The minimum Gasteiger partial charge on any atom is -0.493 e. The van der Waals surface area contributed by atoms with E-state index in [4.69, 9.17) is 9.47 Å². The summed E-state index contributed by atoms with van der Waals surface area (Å²) in [5.41, 5.74) is 2.01. The van der Waals surface area contributed by atoms with Crippen LogP contribution in [0.4, 0.5) is 0 Å². The summed E-state index contributed by atoms with van der Waals surface area (Å²) >= 11 is 0. The van der Waals surface area contributed by atoms with Gasteiger partial charge in [0.25, 0.3) is 0 Å². The van der Waals surface area contributed by atoms with E-state index < -0.39 is 0 Å². The molecule has 0 aromatic heterocycles. The Morgan fingerprint density at radius 2 is 1.67 bits per heavy atom. The second kappa shape index (κ2) is 8.39. The number of amides is 1. The van der Waals surface area contributed by atoms with Gasteiger partial charge in [0.15, 0.2) is 11.5 Å². The quantitative estimate of drug-likeness (QED) is 0.834. The summed E-state index contributed by atoms with van der Waals surface area (Å²) in [6.07, 6.45) is 0.758. The number of nitrogens with one attached hydrogen (secondary N) is 1. The van der Waals surface area contributed by atoms with Gasteiger partial charge in [0.05, 0.1) is 26.2 Å². The normalized spacial score (nSPS) is 13.0. The van der Waals surface area contributed by atoms with Crippen molar-refractivity contribution in [3.8, 4) is 11.5 Å². The van der Waals surface area contributed by atoms with Crippen LogP contribution in [0.15, 0.2) is 48.5 Å². The minimum atomic E-state index is -0.145. The van der Waals surface area contributed by atoms with Crippen LogP contribution in [0.2, 0.25) is 0 Å². The molecule has 0 bridgehead atoms. The fourth-order valence-corrected chi connectivity index (χ4v) is 2.78. The summed E-state index contributed by atoms with van der Waals surface area (Å²) in [6.45, 7) is 4.00. The molecule has 2 unspecified atom stereocenters. The fourth-order valence-electron chi connectivity index (χ4n) is 2.78. The molecule has 24 heavy (non-hydrogen) atoms. The first-order chi connectivity index (χ1) is 11.6. The highest BCUT2D eigenvalue weighted by Gasteiger charge is 2.21. The molecule has 1 N–H and O–H groups in total. The number of methoxy groups -OCH3 is 2. The van der Waals surface area contributed by atoms with Gasteiger partial charge in [0.1, 0.15) is 0 Å². The predicted octanol–water partition coefficient (Wildman–Crippen LogP) is 4.07. The van der Waals surface area contributed by atoms with Gasteiger partial charge in [0.2, 0.25) is 5.91 Å². The molecule has 4 heteroatoms. The van der Waals surface area contributed by atoms with Crippen LogP contribution >= 0.6 is 0 Å². The lowest BCUT2D eigenvalue weighted by Crippen LogP contribution is -2.31. The van der Waals surface area contributed by atoms with E-state index in [1.807, 2.05) is 62.4 Å². The molecule has 2 rings (SSSR count). The summed E-state index contributed by atoms with van der Waals surface area (Å²) in [5.74, 6) is 1.22. The number of hydrogen-bond acceptors (Lipinski definition) is 3. The van der Waals surface area contributed by atoms with Gasteiger partial charge in [-0.25, -0.2) is 0 Å². The number of ether oxygens (including phenoxy) is 2. The minimum absolute atomic E-state index is 0.0333. The average molecular weight is 327 g/mol. The summed E-state index contributed by atoms with van der Waals surface area (Å²) in [4.78, 5) is 12.7. The van der Waals surface area contributed by atoms with E-state index >= 15 is 0 Å². The van der Waals surface area contributed by atoms with Gasteiger partial charge in [-0.2, -0.15) is 0 Å². The van der Waals surface area contributed by atoms with Gasteiger partial charge < -0.3 is 14.8 Å². The van der Waals surface area contributed by atoms with E-state index in [1.54, 1.807) is 14.2 Å². The van der Waals surface area contributed by atoms with Crippen LogP contribution in [0.3, 0.4) is 0 Å². The Kier molecular flexibility index (Phi) is 6.24. The van der Waals surface area contributed by atoms with Gasteiger partial charge in [-0.3, -0.25) is 4.79 Å². The van der Waals surface area contributed by atoms with Crippen LogP contribution in [-0.2, 0) is 4.79 Å². The van der Waals surface area contributed by atoms with Gasteiger partial charge in [0, 0.05) is 0 Å². The van der Waals surface area contributed by atoms with Crippen molar-refractivity contribution in [2.75, 3.05) is 14.2 Å². The number of benzene rings is 2. The zero-order valence-electron chi connectivity index (χ0n) is 14.7. The molecule has 0 fully saturated rings. The Balaban J connectivity index is 2.13. The van der Waals surface area contributed by atoms with Crippen molar-refractivity contribution in [1.29, 1.82) is 0 Å². The summed E-state index contributed by atoms with van der Waals surface area (Å²) in [5, 5.41) is 3.10. The van der Waals surface area contributed by atoms with Crippen LogP contribution in [0.5, 0.6) is 11.5 Å². The fraction of sp³-hybridized carbons (Fsp3) is 0.350. The first-order valence-electron chi connectivity index (χ1n) is 8.17. The molecule has 2 atom stereocenters. The molecule has 0 saturated heterocycles. The Hall–Kier alpha value is -2.49. The number of hydrogen-bond donors (Lipinski definition) is 1. The second-order valence-corrected chi connectivity index (χ2v) is 5.72. The van der Waals surface area contributed by atoms with Crippen molar-refractivity contribution in [1.82, 2.24) is 5.32 Å². The lowest BCUT2D eigenvalue weighted by molar-refractivity contribution is -0.123. The lowest BCUT2D eigenvalue weighted by atomic mass is 9.95. The Bertz CT molecular complexity index is 670. The number of carbonyl (C=O) groups is 1. The maximum Gasteiger partial charge on any atom is 0.228 e. The number of carbonyl (C=O) groups excluding carboxylic acids is 1. The van der Waals surface area contributed by atoms with E-state index in [1.165, 1.54) is 0 Å². The third kappa shape index (κ3) is 4.07. The van der Waals surface area contributed by atoms with Crippen molar-refractivity contribution in [3.05, 3.63) is 59.7 Å². The molecule has 0 spiro atoms. The topological polar surface area (TPSA) is 47.6 Å². The first kappa shape index (κ1) is 17.9. The maximum atomic E-state index is 12.7. The Morgan fingerprint density at radius 3 is 2.25 bits per heavy atom. The van der Waals surface area contributed by atoms with E-state index in [-0.39, 0.29) is 17.9 Å². The van der Waals surface area contributed by atoms with E-state index in [0.29, 0.717) is 11.5 Å². The van der Waals surface area contributed by atoms with Gasteiger partial charge in [-0.05, 0) is 36.6 Å². The number of rotatable bonds is 7. The van der Waals surface area contributed by atoms with Crippen molar-refractivity contribution in [3.63, 3.8) is 0 Å². The zero-order chi connectivity index (χ0) is 17.5. The molecular formula is C20H25NO3. The van der Waals surface area contributed by atoms with E-state index in [2.05, 4.69) is 5.32 Å². The summed E-state index contributed by atoms with van der Waals surface area (Å²) in [6, 6.07) is 15.4. The smallest absolute Gasteiger partial charge is 0.228 e. The van der Waals surface area contributed by atoms with E-state index in [9.17, 15) is 4.79 Å². The van der Waals surface area contributed by atoms with Crippen LogP contribution in [0, 0.1) is 0 Å². The molecule has 2 aromatic rings. The van der Waals surface area contributed by atoms with Crippen molar-refractivity contribution in [2.24, 2.45) is 0 Å². The molecule has 1 amide bonds. The lowest BCUT2D eigenvalue weighted by Gasteiger charge is -2.20. The van der Waals surface area contributed by atoms with Gasteiger partial charge >= 0.3 is 0 Å². The summed E-state index contributed by atoms with van der Waals surface area (Å²) in [7, 11) is 3.21. The standard InChI is InChI=1S/C20H25NO3/c1-5-17(15-9-7-6-8-10-15)20(22)21-14(2)16-11-12-18(23-3)19(13-16)24-4/h6-14,17H,5H2,1-4H3,(H,21,22). The molecule has 0 aliphatic heterocycles. The van der Waals surface area contributed by atoms with Crippen LogP contribution in [0.1, 0.15) is 43.4 Å². The van der Waals surface area contributed by atoms with Crippen molar-refractivity contribution < 1.29 is 14.3 Å². The molecule has 0 heterocycles. The third-order valence-electron chi connectivity index (χ3n) is 4.19. The molecule has 4 nitrogen and oxygen atoms in total. The monoisotopic (exact) mass is 327 g/mol. The largest absolute Gasteiger partial charge is 0.493 e. The Morgan fingerprint density at radius 1 is 1.00 bits per heavy atom. The van der Waals surface area contributed by atoms with Crippen molar-refractivity contribution in [2.45, 2.75) is 32.2 Å². The Labute approximate surface area is 143 Å². The highest BCUT2D eigenvalue weighted by molar-refractivity contribution is 5.84. The molecular weight excluding hydrogens is 302 g/mol. The van der Waals surface area contributed by atoms with Gasteiger partial charge in [-0.15, -0.1) is 0 Å².